The van der Waals surface area contributed by atoms with Crippen LogP contribution in [-0.2, 0) is 50.3 Å². The molecule has 4 saturated heterocycles. The first-order chi connectivity index (χ1) is 32.6. The summed E-state index contributed by atoms with van der Waals surface area (Å²) in [5.41, 5.74) is 5.66. The monoisotopic (exact) mass is 949 g/mol. The Balaban J connectivity index is 0.837. The molecule has 10 rings (SSSR count). The predicted octanol–water partition coefficient (Wildman–Crippen LogP) is 10.1. The number of rotatable bonds is 13. The minimum Gasteiger partial charge on any atom is -0.399 e. The van der Waals surface area contributed by atoms with Crippen LogP contribution >= 0.6 is 0 Å². The zero-order chi connectivity index (χ0) is 50.2. The third kappa shape index (κ3) is 8.42. The molecule has 10 nitrogen and oxygen atoms in total. The van der Waals surface area contributed by atoms with Crippen molar-refractivity contribution in [1.29, 1.82) is 0 Å². The summed E-state index contributed by atoms with van der Waals surface area (Å²) in [5.74, 6) is 0. The fourth-order valence-electron chi connectivity index (χ4n) is 10.5. The third-order valence-corrected chi connectivity index (χ3v) is 17.9. The van der Waals surface area contributed by atoms with E-state index in [4.69, 9.17) is 37.2 Å². The summed E-state index contributed by atoms with van der Waals surface area (Å²) >= 11 is 0. The van der Waals surface area contributed by atoms with Crippen molar-refractivity contribution < 1.29 is 37.2 Å². The molecular formula is C56H76B4N2O8. The molecule has 0 amide bonds. The Kier molecular flexibility index (Phi) is 12.1. The minimum absolute atomic E-state index is 0.419. The summed E-state index contributed by atoms with van der Waals surface area (Å²) in [4.78, 5) is 0. The summed E-state index contributed by atoms with van der Waals surface area (Å²) in [7, 11) is -1.74. The quantitative estimate of drug-likeness (QED) is 0.0837. The molecule has 0 atom stereocenters. The standard InChI is InChI=1S/C56H76B4N2O8/c1-49(2)50(3,4)64-57(63-49)37-23-27-45-41(33-37)42-34-38(58-65-51(5,6)52(7,8)66-58)24-28-46(42)61(45)31-21-19-17-18-20-22-32-62-47-29-25-39(59-67-53(9,10)54(11,12)68-59)35-43(47)44-36-40(26-30-48(44)62)60-69-55(13,14)56(15,16)70-60/h23-30,33-36H,17-22,31-32H2,1-16H3. The Morgan fingerprint density at radius 3 is 0.671 bits per heavy atom. The van der Waals surface area contributed by atoms with E-state index in [9.17, 15) is 0 Å². The highest BCUT2D eigenvalue weighted by molar-refractivity contribution is 6.64. The summed E-state index contributed by atoms with van der Waals surface area (Å²) in [6.07, 6.45) is 6.91. The molecule has 0 radical (unpaired) electrons. The van der Waals surface area contributed by atoms with E-state index in [2.05, 4.69) is 193 Å². The maximum absolute atomic E-state index is 6.53. The van der Waals surface area contributed by atoms with Crippen molar-refractivity contribution in [2.24, 2.45) is 0 Å². The van der Waals surface area contributed by atoms with E-state index in [-0.39, 0.29) is 0 Å². The molecular weight excluding hydrogens is 872 g/mol. The average Bonchev–Trinajstić information content (AvgIpc) is 4.01. The van der Waals surface area contributed by atoms with Crippen LogP contribution in [0.5, 0.6) is 0 Å². The first-order valence-corrected chi connectivity index (χ1v) is 26.2. The van der Waals surface area contributed by atoms with E-state index >= 15 is 0 Å². The SMILES string of the molecule is CC1(C)OB(c2ccc3c(c2)c2cc(B4OC(C)(C)C(C)(C)O4)ccc2n3CCCCCCCCn2c3ccc(B4OC(C)(C)C(C)(C)O4)cc3c3cc(B4OC(C)(C)C(C)(C)O4)ccc32)OC1(C)C. The lowest BCUT2D eigenvalue weighted by molar-refractivity contribution is 0.00578. The molecule has 0 N–H and O–H groups in total. The van der Waals surface area contributed by atoms with Gasteiger partial charge in [0.15, 0.2) is 0 Å². The van der Waals surface area contributed by atoms with Gasteiger partial charge in [-0.15, -0.1) is 0 Å². The predicted molar refractivity (Wildman–Crippen MR) is 289 cm³/mol. The lowest BCUT2D eigenvalue weighted by Crippen LogP contribution is -2.41. The molecule has 70 heavy (non-hydrogen) atoms. The van der Waals surface area contributed by atoms with Gasteiger partial charge in [0.25, 0.3) is 0 Å². The summed E-state index contributed by atoms with van der Waals surface area (Å²) in [6.45, 7) is 35.6. The molecule has 0 aliphatic carbocycles. The van der Waals surface area contributed by atoms with E-state index < -0.39 is 73.3 Å². The Morgan fingerprint density at radius 2 is 0.471 bits per heavy atom. The van der Waals surface area contributed by atoms with Crippen LogP contribution in [0.2, 0.25) is 0 Å². The Bertz CT molecular complexity index is 2540. The lowest BCUT2D eigenvalue weighted by atomic mass is 9.77. The highest BCUT2D eigenvalue weighted by atomic mass is 16.7. The zero-order valence-corrected chi connectivity index (χ0v) is 45.1. The van der Waals surface area contributed by atoms with Gasteiger partial charge in [-0.05, 0) is 170 Å². The van der Waals surface area contributed by atoms with Crippen LogP contribution in [0.1, 0.15) is 149 Å². The van der Waals surface area contributed by atoms with Crippen LogP contribution in [0.4, 0.5) is 0 Å². The van der Waals surface area contributed by atoms with Gasteiger partial charge in [-0.3, -0.25) is 0 Å². The summed E-state index contributed by atoms with van der Waals surface area (Å²) in [6, 6.07) is 26.9. The van der Waals surface area contributed by atoms with Crippen molar-refractivity contribution in [2.45, 2.75) is 207 Å². The molecule has 4 aliphatic rings. The molecule has 4 fully saturated rings. The van der Waals surface area contributed by atoms with E-state index in [1.807, 2.05) is 0 Å². The molecule has 0 saturated carbocycles. The van der Waals surface area contributed by atoms with Gasteiger partial charge in [0.2, 0.25) is 0 Å². The molecule has 6 heterocycles. The number of benzene rings is 4. The van der Waals surface area contributed by atoms with Gasteiger partial charge in [0.05, 0.1) is 44.8 Å². The lowest BCUT2D eigenvalue weighted by Gasteiger charge is -2.32. The zero-order valence-electron chi connectivity index (χ0n) is 45.1. The average molecular weight is 948 g/mol. The summed E-state index contributed by atoms with van der Waals surface area (Å²) < 4.78 is 57.2. The molecule has 2 aromatic heterocycles. The Morgan fingerprint density at radius 1 is 0.286 bits per heavy atom. The molecule has 0 unspecified atom stereocenters. The summed E-state index contributed by atoms with van der Waals surface area (Å²) in [5, 5.41) is 4.78. The highest BCUT2D eigenvalue weighted by Crippen LogP contribution is 2.41. The second kappa shape index (κ2) is 17.0. The Hall–Kier alpha value is -3.58. The second-order valence-corrected chi connectivity index (χ2v) is 24.9. The van der Waals surface area contributed by atoms with Gasteiger partial charge in [-0.25, -0.2) is 0 Å². The number of hydrogen-bond donors (Lipinski definition) is 0. The van der Waals surface area contributed by atoms with Gasteiger partial charge < -0.3 is 46.4 Å². The normalized spacial score (nSPS) is 22.8. The highest BCUT2D eigenvalue weighted by Gasteiger charge is 2.55. The van der Waals surface area contributed by atoms with Crippen molar-refractivity contribution in [1.82, 2.24) is 9.13 Å². The minimum atomic E-state index is -0.435. The maximum atomic E-state index is 6.53. The second-order valence-electron chi connectivity index (χ2n) is 24.9. The first-order valence-electron chi connectivity index (χ1n) is 26.2. The van der Waals surface area contributed by atoms with E-state index in [0.29, 0.717) is 0 Å². The van der Waals surface area contributed by atoms with E-state index in [0.717, 1.165) is 60.6 Å². The van der Waals surface area contributed by atoms with Gasteiger partial charge in [0, 0.05) is 56.7 Å². The number of fused-ring (bicyclic) bond motifs is 6. The van der Waals surface area contributed by atoms with E-state index in [1.165, 1.54) is 56.5 Å². The molecule has 14 heteroatoms. The smallest absolute Gasteiger partial charge is 0.399 e. The largest absolute Gasteiger partial charge is 0.494 e. The molecule has 6 aromatic rings. The van der Waals surface area contributed by atoms with E-state index in [1.54, 1.807) is 0 Å². The molecule has 0 bridgehead atoms. The van der Waals surface area contributed by atoms with Gasteiger partial charge in [-0.2, -0.15) is 0 Å². The van der Waals surface area contributed by atoms with Gasteiger partial charge in [0.1, 0.15) is 0 Å². The number of unbranched alkanes of at least 4 members (excludes halogenated alkanes) is 5. The molecule has 0 spiro atoms. The Labute approximate surface area is 418 Å². The van der Waals surface area contributed by atoms with Gasteiger partial charge in [-0.1, -0.05) is 74.2 Å². The van der Waals surface area contributed by atoms with Crippen molar-refractivity contribution in [2.75, 3.05) is 0 Å². The number of aryl methyl sites for hydroxylation is 2. The molecule has 4 aromatic carbocycles. The molecule has 370 valence electrons. The number of hydrogen-bond acceptors (Lipinski definition) is 8. The molecule has 4 aliphatic heterocycles. The van der Waals surface area contributed by atoms with Crippen LogP contribution < -0.4 is 21.9 Å². The van der Waals surface area contributed by atoms with Crippen LogP contribution in [0, 0.1) is 0 Å². The topological polar surface area (TPSA) is 83.7 Å². The first kappa shape index (κ1) is 50.0. The number of aromatic nitrogens is 2. The van der Waals surface area contributed by atoms with Crippen LogP contribution in [0.15, 0.2) is 72.8 Å². The van der Waals surface area contributed by atoms with Crippen molar-refractivity contribution >= 4 is 93.9 Å². The van der Waals surface area contributed by atoms with Crippen LogP contribution in [0.25, 0.3) is 43.6 Å². The fraction of sp³-hybridized carbons (Fsp3) is 0.571. The van der Waals surface area contributed by atoms with Crippen molar-refractivity contribution in [3.05, 3.63) is 72.8 Å². The third-order valence-electron chi connectivity index (χ3n) is 17.9. The van der Waals surface area contributed by atoms with Crippen molar-refractivity contribution in [3.63, 3.8) is 0 Å². The number of nitrogens with zero attached hydrogens (tertiary/aromatic N) is 2. The van der Waals surface area contributed by atoms with Crippen LogP contribution in [0.3, 0.4) is 0 Å². The maximum Gasteiger partial charge on any atom is 0.494 e. The van der Waals surface area contributed by atoms with Crippen LogP contribution in [-0.4, -0.2) is 82.4 Å². The van der Waals surface area contributed by atoms with Crippen molar-refractivity contribution in [3.8, 4) is 0 Å². The fourth-order valence-corrected chi connectivity index (χ4v) is 10.5. The van der Waals surface area contributed by atoms with Gasteiger partial charge >= 0.3 is 28.5 Å².